The van der Waals surface area contributed by atoms with Gasteiger partial charge in [-0.1, -0.05) is 29.6 Å². The predicted molar refractivity (Wildman–Crippen MR) is 143 cm³/mol. The molecule has 0 bridgehead atoms. The molecule has 1 saturated heterocycles. The molecule has 14 nitrogen and oxygen atoms in total. The lowest BCUT2D eigenvalue weighted by molar-refractivity contribution is -0.193. The lowest BCUT2D eigenvalue weighted by Crippen LogP contribution is -2.70. The van der Waals surface area contributed by atoms with Crippen molar-refractivity contribution in [3.8, 4) is 5.88 Å². The monoisotopic (exact) mass is 593 g/mol. The number of esters is 2. The number of nitrogens with two attached hydrogens (primary N) is 1. The zero-order valence-electron chi connectivity index (χ0n) is 20.8. The fourth-order valence-electron chi connectivity index (χ4n) is 3.44. The molecule has 4 heterocycles. The van der Waals surface area contributed by atoms with Crippen LogP contribution in [0, 0.1) is 5.92 Å². The second kappa shape index (κ2) is 12.4. The Kier molecular flexibility index (Phi) is 8.93. The Morgan fingerprint density at radius 2 is 2.05 bits per heavy atom. The summed E-state index contributed by atoms with van der Waals surface area (Å²) in [5.74, 6) is -2.55. The van der Waals surface area contributed by atoms with E-state index in [1.165, 1.54) is 40.5 Å². The van der Waals surface area contributed by atoms with E-state index in [0.29, 0.717) is 17.0 Å². The van der Waals surface area contributed by atoms with E-state index in [2.05, 4.69) is 25.0 Å². The van der Waals surface area contributed by atoms with E-state index in [4.69, 9.17) is 20.0 Å². The number of rotatable bonds is 10. The molecular weight excluding hydrogens is 570 g/mol. The fraction of sp³-hybridized carbons (Fsp3) is 0.364. The van der Waals surface area contributed by atoms with Crippen molar-refractivity contribution < 1.29 is 33.5 Å². The molecule has 17 heteroatoms. The standard InChI is InChI=1S/C22H23N7O7S3/c1-10(2)21(34-11(3)30)35-20(33)17-12(4-5-13-8-39-28-27-13)7-37-19-16(18(32)29(17)19)25-14(31)6-24-36-15-9-38-22(23)26-15/h4-6,8-10,16,19,21H,7H2,1-3H3,(H2,23,26)(H,25,31)/b5-4-,24-6-. The molecular formula is C22H23N7O7S3. The normalized spacial score (nSPS) is 19.7. The van der Waals surface area contributed by atoms with Crippen LogP contribution in [0.1, 0.15) is 26.5 Å². The molecule has 39 heavy (non-hydrogen) atoms. The number of allylic oxidation sites excluding steroid dienone is 1. The number of nitrogen functional groups attached to an aromatic ring is 1. The Balaban J connectivity index is 1.50. The number of amides is 2. The van der Waals surface area contributed by atoms with Gasteiger partial charge in [-0.25, -0.2) is 4.79 Å². The van der Waals surface area contributed by atoms with Gasteiger partial charge in [0.2, 0.25) is 6.29 Å². The number of nitrogens with one attached hydrogen (secondary N) is 1. The number of thiazole rings is 1. The number of carbonyl (C=O) groups excluding carboxylic acids is 4. The van der Waals surface area contributed by atoms with Gasteiger partial charge in [0.25, 0.3) is 17.7 Å². The average Bonchev–Trinajstić information content (AvgIpc) is 3.56. The molecule has 2 aromatic heterocycles. The Morgan fingerprint density at radius 1 is 1.26 bits per heavy atom. The topological polar surface area (TPSA) is 188 Å². The number of hydrogen-bond donors (Lipinski definition) is 2. The van der Waals surface area contributed by atoms with Crippen molar-refractivity contribution in [1.82, 2.24) is 24.8 Å². The number of fused-ring (bicyclic) bond motifs is 1. The first kappa shape index (κ1) is 28.2. The largest absolute Gasteiger partial charge is 0.425 e. The molecule has 2 aliphatic heterocycles. The zero-order valence-corrected chi connectivity index (χ0v) is 23.2. The summed E-state index contributed by atoms with van der Waals surface area (Å²) in [5.41, 5.74) is 6.57. The summed E-state index contributed by atoms with van der Waals surface area (Å²) < 4.78 is 14.4. The number of thioether (sulfide) groups is 1. The molecule has 3 unspecified atom stereocenters. The number of aromatic nitrogens is 3. The summed E-state index contributed by atoms with van der Waals surface area (Å²) in [4.78, 5) is 60.4. The molecule has 0 saturated carbocycles. The minimum atomic E-state index is -1.15. The molecule has 3 N–H and O–H groups in total. The van der Waals surface area contributed by atoms with E-state index in [1.807, 2.05) is 0 Å². The van der Waals surface area contributed by atoms with Crippen LogP contribution in [0.4, 0.5) is 5.13 Å². The van der Waals surface area contributed by atoms with E-state index >= 15 is 0 Å². The van der Waals surface area contributed by atoms with Gasteiger partial charge in [-0.05, 0) is 23.2 Å². The third-order valence-corrected chi connectivity index (χ3v) is 7.67. The average molecular weight is 594 g/mol. The van der Waals surface area contributed by atoms with Crippen LogP contribution in [0.5, 0.6) is 5.88 Å². The van der Waals surface area contributed by atoms with E-state index < -0.39 is 41.5 Å². The van der Waals surface area contributed by atoms with Crippen molar-refractivity contribution >= 4 is 75.8 Å². The van der Waals surface area contributed by atoms with Gasteiger partial charge < -0.3 is 25.4 Å². The molecule has 0 aliphatic carbocycles. The van der Waals surface area contributed by atoms with Crippen LogP contribution in [0.3, 0.4) is 0 Å². The van der Waals surface area contributed by atoms with E-state index in [-0.39, 0.29) is 22.6 Å². The lowest BCUT2D eigenvalue weighted by atomic mass is 10.0. The number of ether oxygens (including phenoxy) is 2. The minimum absolute atomic E-state index is 0.00962. The third-order valence-electron chi connectivity index (χ3n) is 5.19. The highest BCUT2D eigenvalue weighted by molar-refractivity contribution is 8.00. The van der Waals surface area contributed by atoms with Crippen LogP contribution >= 0.6 is 34.6 Å². The van der Waals surface area contributed by atoms with E-state index in [0.717, 1.165) is 17.6 Å². The quantitative estimate of drug-likeness (QED) is 0.133. The summed E-state index contributed by atoms with van der Waals surface area (Å²) in [7, 11) is 0. The molecule has 2 aromatic rings. The minimum Gasteiger partial charge on any atom is -0.425 e. The first-order chi connectivity index (χ1) is 18.6. The number of anilines is 1. The Morgan fingerprint density at radius 3 is 2.69 bits per heavy atom. The lowest BCUT2D eigenvalue weighted by Gasteiger charge is -2.49. The van der Waals surface area contributed by atoms with Crippen molar-refractivity contribution in [2.75, 3.05) is 11.5 Å². The Bertz CT molecular complexity index is 1340. The highest BCUT2D eigenvalue weighted by atomic mass is 32.2. The summed E-state index contributed by atoms with van der Waals surface area (Å²) >= 11 is 3.67. The van der Waals surface area contributed by atoms with Gasteiger partial charge in [0.15, 0.2) is 5.13 Å². The number of nitrogens with zero attached hydrogens (tertiary/aromatic N) is 5. The second-order valence-corrected chi connectivity index (χ2v) is 11.0. The van der Waals surface area contributed by atoms with Gasteiger partial charge in [0.05, 0.1) is 11.1 Å². The first-order valence-electron chi connectivity index (χ1n) is 11.4. The number of oxime groups is 1. The predicted octanol–water partition coefficient (Wildman–Crippen LogP) is 1.40. The molecule has 3 atom stereocenters. The van der Waals surface area contributed by atoms with Gasteiger partial charge in [0.1, 0.15) is 23.3 Å². The highest BCUT2D eigenvalue weighted by Crippen LogP contribution is 2.41. The summed E-state index contributed by atoms with van der Waals surface area (Å²) in [6.45, 7) is 4.65. The van der Waals surface area contributed by atoms with Gasteiger partial charge in [-0.3, -0.25) is 19.3 Å². The van der Waals surface area contributed by atoms with Crippen molar-refractivity contribution in [2.24, 2.45) is 11.1 Å². The number of carbonyl (C=O) groups is 4. The summed E-state index contributed by atoms with van der Waals surface area (Å²) in [5, 5.41) is 13.0. The van der Waals surface area contributed by atoms with Gasteiger partial charge >= 0.3 is 11.9 Å². The molecule has 206 valence electrons. The maximum atomic E-state index is 13.3. The second-order valence-electron chi connectivity index (χ2n) is 8.41. The van der Waals surface area contributed by atoms with Crippen molar-refractivity contribution in [2.45, 2.75) is 38.5 Å². The maximum Gasteiger partial charge on any atom is 0.358 e. The smallest absolute Gasteiger partial charge is 0.358 e. The van der Waals surface area contributed by atoms with Crippen LogP contribution in [-0.4, -0.2) is 72.9 Å². The molecule has 2 aliphatic rings. The molecule has 4 rings (SSSR count). The highest BCUT2D eigenvalue weighted by Gasteiger charge is 2.54. The molecule has 0 radical (unpaired) electrons. The van der Waals surface area contributed by atoms with Gasteiger partial charge in [-0.15, -0.1) is 28.2 Å². The molecule has 1 fully saturated rings. The fourth-order valence-corrected chi connectivity index (χ4v) is 5.65. The molecule has 2 amide bonds. The summed E-state index contributed by atoms with van der Waals surface area (Å²) in [6, 6.07) is -0.922. The number of β-lactam (4-membered cyclic amide) rings is 1. The van der Waals surface area contributed by atoms with Crippen molar-refractivity contribution in [1.29, 1.82) is 0 Å². The molecule has 0 aromatic carbocycles. The van der Waals surface area contributed by atoms with E-state index in [9.17, 15) is 19.2 Å². The van der Waals surface area contributed by atoms with Crippen LogP contribution < -0.4 is 15.9 Å². The maximum absolute atomic E-state index is 13.3. The Hall–Kier alpha value is -3.83. The van der Waals surface area contributed by atoms with E-state index in [1.54, 1.807) is 31.4 Å². The molecule has 0 spiro atoms. The Labute approximate surface area is 234 Å². The van der Waals surface area contributed by atoms with Gasteiger partial charge in [0, 0.05) is 24.0 Å². The number of hydrogen-bond acceptors (Lipinski definition) is 15. The van der Waals surface area contributed by atoms with Crippen LogP contribution in [-0.2, 0) is 28.7 Å². The van der Waals surface area contributed by atoms with Crippen LogP contribution in [0.2, 0.25) is 0 Å². The third kappa shape index (κ3) is 6.79. The van der Waals surface area contributed by atoms with Crippen molar-refractivity contribution in [3.05, 3.63) is 33.8 Å². The van der Waals surface area contributed by atoms with Crippen molar-refractivity contribution in [3.63, 3.8) is 0 Å². The first-order valence-corrected chi connectivity index (χ1v) is 14.1. The summed E-state index contributed by atoms with van der Waals surface area (Å²) in [6.07, 6.45) is 3.03. The van der Waals surface area contributed by atoms with Gasteiger partial charge in [-0.2, -0.15) is 4.98 Å². The zero-order chi connectivity index (χ0) is 28.1. The SMILES string of the molecule is CC(=O)OC(OC(=O)C1=C(/C=C\c2csnn2)CSC2C(NC(=O)/C=N\Oc3csc(N)n3)C(=O)N12)C(C)C. The van der Waals surface area contributed by atoms with Crippen LogP contribution in [0.25, 0.3) is 6.08 Å². The van der Waals surface area contributed by atoms with Crippen LogP contribution in [0.15, 0.2) is 33.3 Å².